The van der Waals surface area contributed by atoms with Crippen molar-refractivity contribution in [2.75, 3.05) is 19.6 Å². The number of carbonyl (C=O) groups excluding carboxylic acids is 1. The van der Waals surface area contributed by atoms with Gasteiger partial charge in [-0.3, -0.25) is 9.69 Å². The van der Waals surface area contributed by atoms with Gasteiger partial charge < -0.3 is 9.73 Å². The number of carbonyl (C=O) groups is 1. The van der Waals surface area contributed by atoms with Crippen molar-refractivity contribution in [3.05, 3.63) is 66.6 Å². The van der Waals surface area contributed by atoms with Crippen molar-refractivity contribution in [3.8, 4) is 0 Å². The van der Waals surface area contributed by atoms with Crippen LogP contribution in [0.25, 0.3) is 10.8 Å². The van der Waals surface area contributed by atoms with Crippen LogP contribution in [0.3, 0.4) is 0 Å². The van der Waals surface area contributed by atoms with E-state index < -0.39 is 16.1 Å². The van der Waals surface area contributed by atoms with Crippen molar-refractivity contribution in [1.82, 2.24) is 14.9 Å². The SMILES string of the molecule is CC(C)[C@H](NS(=O)(=O)c1ccc2ccccc2c1)C(=O)NC[C@@H](c1ccco1)N1CCCC1. The van der Waals surface area contributed by atoms with Gasteiger partial charge in [0.1, 0.15) is 11.8 Å². The van der Waals surface area contributed by atoms with E-state index in [0.717, 1.165) is 42.5 Å². The van der Waals surface area contributed by atoms with Crippen LogP contribution in [0.5, 0.6) is 0 Å². The zero-order chi connectivity index (χ0) is 23.4. The Morgan fingerprint density at radius 1 is 1.03 bits per heavy atom. The molecule has 2 aromatic carbocycles. The topological polar surface area (TPSA) is 91.6 Å². The molecule has 1 saturated heterocycles. The minimum atomic E-state index is -3.88. The molecule has 0 spiro atoms. The van der Waals surface area contributed by atoms with E-state index in [1.807, 2.05) is 50.2 Å². The Hall–Kier alpha value is -2.68. The molecule has 0 radical (unpaired) electrons. The summed E-state index contributed by atoms with van der Waals surface area (Å²) in [7, 11) is -3.88. The second-order valence-corrected chi connectivity index (χ2v) is 10.6. The van der Waals surface area contributed by atoms with Crippen molar-refractivity contribution < 1.29 is 17.6 Å². The highest BCUT2D eigenvalue weighted by molar-refractivity contribution is 7.89. The predicted molar refractivity (Wildman–Crippen MR) is 128 cm³/mol. The molecule has 2 heterocycles. The number of sulfonamides is 1. The Labute approximate surface area is 195 Å². The Morgan fingerprint density at radius 2 is 1.76 bits per heavy atom. The van der Waals surface area contributed by atoms with Gasteiger partial charge in [-0.05, 0) is 66.9 Å². The van der Waals surface area contributed by atoms with Crippen molar-refractivity contribution in [2.45, 2.75) is 43.7 Å². The Bertz CT molecular complexity index is 1190. The molecule has 7 nitrogen and oxygen atoms in total. The summed E-state index contributed by atoms with van der Waals surface area (Å²) in [4.78, 5) is 15.5. The second kappa shape index (κ2) is 10.1. The molecule has 33 heavy (non-hydrogen) atoms. The maximum absolute atomic E-state index is 13.1. The van der Waals surface area contributed by atoms with Gasteiger partial charge in [-0.1, -0.05) is 44.2 Å². The number of furan rings is 1. The van der Waals surface area contributed by atoms with Crippen molar-refractivity contribution in [3.63, 3.8) is 0 Å². The first-order chi connectivity index (χ1) is 15.8. The zero-order valence-corrected chi connectivity index (χ0v) is 19.8. The molecule has 1 aliphatic rings. The van der Waals surface area contributed by atoms with Crippen LogP contribution < -0.4 is 10.0 Å². The number of nitrogens with zero attached hydrogens (tertiary/aromatic N) is 1. The number of benzene rings is 2. The number of hydrogen-bond donors (Lipinski definition) is 2. The Kier molecular flexibility index (Phi) is 7.17. The average Bonchev–Trinajstić information content (AvgIpc) is 3.52. The Morgan fingerprint density at radius 3 is 2.42 bits per heavy atom. The minimum Gasteiger partial charge on any atom is -0.468 e. The molecule has 1 aromatic heterocycles. The number of nitrogens with one attached hydrogen (secondary N) is 2. The molecular formula is C25H31N3O4S. The summed E-state index contributed by atoms with van der Waals surface area (Å²) in [5.41, 5.74) is 0. The van der Waals surface area contributed by atoms with Crippen LogP contribution in [-0.4, -0.2) is 44.9 Å². The molecule has 0 unspecified atom stereocenters. The van der Waals surface area contributed by atoms with E-state index >= 15 is 0 Å². The van der Waals surface area contributed by atoms with Gasteiger partial charge >= 0.3 is 0 Å². The lowest BCUT2D eigenvalue weighted by Gasteiger charge is -2.28. The smallest absolute Gasteiger partial charge is 0.241 e. The van der Waals surface area contributed by atoms with Crippen LogP contribution in [0.1, 0.15) is 38.5 Å². The summed E-state index contributed by atoms with van der Waals surface area (Å²) in [5.74, 6) is 0.231. The Balaban J connectivity index is 1.48. The number of amides is 1. The van der Waals surface area contributed by atoms with Gasteiger partial charge in [0.2, 0.25) is 15.9 Å². The first-order valence-electron chi connectivity index (χ1n) is 11.4. The molecule has 1 fully saturated rings. The first-order valence-corrected chi connectivity index (χ1v) is 12.9. The van der Waals surface area contributed by atoms with Crippen molar-refractivity contribution in [1.29, 1.82) is 0 Å². The molecule has 4 rings (SSSR count). The molecule has 1 aliphatic heterocycles. The monoisotopic (exact) mass is 469 g/mol. The third-order valence-electron chi connectivity index (χ3n) is 6.19. The molecule has 1 amide bonds. The van der Waals surface area contributed by atoms with E-state index in [0.29, 0.717) is 6.54 Å². The van der Waals surface area contributed by atoms with Gasteiger partial charge in [0.15, 0.2) is 0 Å². The zero-order valence-electron chi connectivity index (χ0n) is 19.0. The van der Waals surface area contributed by atoms with Gasteiger partial charge in [0.25, 0.3) is 0 Å². The summed E-state index contributed by atoms with van der Waals surface area (Å²) in [5, 5.41) is 4.76. The quantitative estimate of drug-likeness (QED) is 0.499. The van der Waals surface area contributed by atoms with Gasteiger partial charge in [0.05, 0.1) is 17.2 Å². The highest BCUT2D eigenvalue weighted by atomic mass is 32.2. The predicted octanol–water partition coefficient (Wildman–Crippen LogP) is 3.69. The molecule has 0 bridgehead atoms. The lowest BCUT2D eigenvalue weighted by molar-refractivity contribution is -0.123. The molecular weight excluding hydrogens is 438 g/mol. The summed E-state index contributed by atoms with van der Waals surface area (Å²) in [6.45, 7) is 5.91. The lowest BCUT2D eigenvalue weighted by atomic mass is 10.0. The van der Waals surface area contributed by atoms with Crippen LogP contribution in [-0.2, 0) is 14.8 Å². The van der Waals surface area contributed by atoms with Gasteiger partial charge in [-0.15, -0.1) is 0 Å². The molecule has 2 atom stereocenters. The molecule has 0 aliphatic carbocycles. The van der Waals surface area contributed by atoms with Gasteiger partial charge in [0, 0.05) is 6.54 Å². The van der Waals surface area contributed by atoms with Crippen molar-refractivity contribution >= 4 is 26.7 Å². The molecule has 176 valence electrons. The van der Waals surface area contributed by atoms with Crippen molar-refractivity contribution in [2.24, 2.45) is 5.92 Å². The van der Waals surface area contributed by atoms with E-state index in [9.17, 15) is 13.2 Å². The highest BCUT2D eigenvalue weighted by Gasteiger charge is 2.31. The maximum Gasteiger partial charge on any atom is 0.241 e. The molecule has 2 N–H and O–H groups in total. The number of rotatable bonds is 9. The molecule has 0 saturated carbocycles. The van der Waals surface area contributed by atoms with Crippen LogP contribution in [0.2, 0.25) is 0 Å². The van der Waals surface area contributed by atoms with Gasteiger partial charge in [-0.25, -0.2) is 8.42 Å². The average molecular weight is 470 g/mol. The third kappa shape index (κ3) is 5.46. The van der Waals surface area contributed by atoms with Gasteiger partial charge in [-0.2, -0.15) is 4.72 Å². The maximum atomic E-state index is 13.1. The normalized spacial score (nSPS) is 16.8. The van der Waals surface area contributed by atoms with E-state index in [1.165, 1.54) is 0 Å². The van der Waals surface area contributed by atoms with E-state index in [1.54, 1.807) is 24.5 Å². The highest BCUT2D eigenvalue weighted by Crippen LogP contribution is 2.25. The fourth-order valence-electron chi connectivity index (χ4n) is 4.31. The summed E-state index contributed by atoms with van der Waals surface area (Å²) >= 11 is 0. The standard InChI is InChI=1S/C25H31N3O4S/c1-18(2)24(27-33(30,31)21-12-11-19-8-3-4-9-20(19)16-21)25(29)26-17-22(23-10-7-15-32-23)28-13-5-6-14-28/h3-4,7-12,15-16,18,22,24,27H,5-6,13-14,17H2,1-2H3,(H,26,29)/t22-,24-/m0/s1. The largest absolute Gasteiger partial charge is 0.468 e. The second-order valence-electron chi connectivity index (χ2n) is 8.87. The molecule has 8 heteroatoms. The fourth-order valence-corrected chi connectivity index (χ4v) is 5.69. The fraction of sp³-hybridized carbons (Fsp3) is 0.400. The minimum absolute atomic E-state index is 0.0728. The van der Waals surface area contributed by atoms with Crippen LogP contribution in [0.4, 0.5) is 0 Å². The number of fused-ring (bicyclic) bond motifs is 1. The summed E-state index contributed by atoms with van der Waals surface area (Å²) in [6, 6.07) is 15.3. The lowest BCUT2D eigenvalue weighted by Crippen LogP contribution is -2.51. The van der Waals surface area contributed by atoms with Crippen LogP contribution >= 0.6 is 0 Å². The molecule has 3 aromatic rings. The number of hydrogen-bond acceptors (Lipinski definition) is 5. The van der Waals surface area contributed by atoms with Crippen LogP contribution in [0.15, 0.2) is 70.2 Å². The van der Waals surface area contributed by atoms with E-state index in [-0.39, 0.29) is 22.8 Å². The number of likely N-dealkylation sites (tertiary alicyclic amines) is 1. The van der Waals surface area contributed by atoms with E-state index in [2.05, 4.69) is 14.9 Å². The summed E-state index contributed by atoms with van der Waals surface area (Å²) < 4.78 is 34.5. The van der Waals surface area contributed by atoms with Crippen LogP contribution in [0, 0.1) is 5.92 Å². The summed E-state index contributed by atoms with van der Waals surface area (Å²) in [6.07, 6.45) is 3.87. The van der Waals surface area contributed by atoms with E-state index in [4.69, 9.17) is 4.42 Å². The first kappa shape index (κ1) is 23.5. The third-order valence-corrected chi connectivity index (χ3v) is 7.62.